The third-order valence-electron chi connectivity index (χ3n) is 4.60. The van der Waals surface area contributed by atoms with E-state index in [0.717, 1.165) is 24.0 Å². The van der Waals surface area contributed by atoms with Gasteiger partial charge in [0.05, 0.1) is 11.8 Å². The van der Waals surface area contributed by atoms with Gasteiger partial charge in [0, 0.05) is 18.9 Å². The summed E-state index contributed by atoms with van der Waals surface area (Å²) in [6.07, 6.45) is 5.83. The van der Waals surface area contributed by atoms with Crippen molar-refractivity contribution in [1.29, 1.82) is 0 Å². The number of aryl methyl sites for hydroxylation is 1. The summed E-state index contributed by atoms with van der Waals surface area (Å²) < 4.78 is 27.5. The number of hydrogen-bond donors (Lipinski definition) is 0. The monoisotopic (exact) mass is 344 g/mol. The van der Waals surface area contributed by atoms with Crippen LogP contribution >= 0.6 is 0 Å². The molecule has 0 saturated carbocycles. The second kappa shape index (κ2) is 7.03. The number of aromatic nitrogens is 1. The molecule has 2 heterocycles. The van der Waals surface area contributed by atoms with Gasteiger partial charge < -0.3 is 0 Å². The number of pyridine rings is 1. The average Bonchev–Trinajstić information content (AvgIpc) is 2.59. The van der Waals surface area contributed by atoms with E-state index < -0.39 is 10.0 Å². The van der Waals surface area contributed by atoms with Gasteiger partial charge in [-0.15, -0.1) is 0 Å². The maximum atomic E-state index is 12.9. The van der Waals surface area contributed by atoms with Gasteiger partial charge in [0.25, 0.3) is 0 Å². The maximum Gasteiger partial charge on any atom is 0.214 e. The van der Waals surface area contributed by atoms with Crippen LogP contribution in [0.25, 0.3) is 0 Å². The highest BCUT2D eigenvalue weighted by Crippen LogP contribution is 2.37. The van der Waals surface area contributed by atoms with Crippen LogP contribution in [0.4, 0.5) is 0 Å². The normalized spacial score (nSPS) is 18.3. The molecule has 0 aliphatic carbocycles. The Morgan fingerprint density at radius 2 is 2.12 bits per heavy atom. The van der Waals surface area contributed by atoms with Crippen LogP contribution in [0.3, 0.4) is 0 Å². The predicted molar refractivity (Wildman–Crippen MR) is 96.4 cm³/mol. The van der Waals surface area contributed by atoms with Crippen molar-refractivity contribution in [3.63, 3.8) is 0 Å². The molecule has 0 N–H and O–H groups in total. The van der Waals surface area contributed by atoms with Gasteiger partial charge in [-0.3, -0.25) is 4.98 Å². The number of sulfonamides is 1. The van der Waals surface area contributed by atoms with E-state index in [-0.39, 0.29) is 11.8 Å². The van der Waals surface area contributed by atoms with E-state index in [9.17, 15) is 8.42 Å². The van der Waals surface area contributed by atoms with Crippen molar-refractivity contribution in [2.45, 2.75) is 39.2 Å². The zero-order chi connectivity index (χ0) is 17.2. The summed E-state index contributed by atoms with van der Waals surface area (Å²) in [4.78, 5) is 4.21. The zero-order valence-electron chi connectivity index (χ0n) is 14.3. The molecule has 5 heteroatoms. The molecule has 0 saturated heterocycles. The molecule has 1 aliphatic rings. The second-order valence-corrected chi connectivity index (χ2v) is 8.46. The molecule has 0 amide bonds. The molecular weight excluding hydrogens is 320 g/mol. The molecule has 1 aromatic carbocycles. The number of rotatable bonds is 5. The molecule has 128 valence electrons. The Balaban J connectivity index is 2.08. The lowest BCUT2D eigenvalue weighted by molar-refractivity contribution is 0.343. The first-order valence-electron chi connectivity index (χ1n) is 8.52. The van der Waals surface area contributed by atoms with Gasteiger partial charge in [-0.2, -0.15) is 4.31 Å². The Morgan fingerprint density at radius 1 is 1.29 bits per heavy atom. The number of hydrogen-bond acceptors (Lipinski definition) is 3. The van der Waals surface area contributed by atoms with Gasteiger partial charge in [0.2, 0.25) is 10.0 Å². The third kappa shape index (κ3) is 3.37. The van der Waals surface area contributed by atoms with Crippen molar-refractivity contribution in [1.82, 2.24) is 9.29 Å². The van der Waals surface area contributed by atoms with Crippen LogP contribution in [0.2, 0.25) is 0 Å². The summed E-state index contributed by atoms with van der Waals surface area (Å²) in [6.45, 7) is 4.62. The topological polar surface area (TPSA) is 50.3 Å². The highest BCUT2D eigenvalue weighted by atomic mass is 32.2. The van der Waals surface area contributed by atoms with E-state index in [1.54, 1.807) is 16.7 Å². The fourth-order valence-electron chi connectivity index (χ4n) is 3.36. The highest BCUT2D eigenvalue weighted by molar-refractivity contribution is 7.89. The second-order valence-electron chi connectivity index (χ2n) is 6.42. The van der Waals surface area contributed by atoms with Crippen LogP contribution in [0.5, 0.6) is 0 Å². The summed E-state index contributed by atoms with van der Waals surface area (Å²) in [6, 6.07) is 9.87. The lowest BCUT2D eigenvalue weighted by atomic mass is 9.89. The molecule has 1 aliphatic heterocycles. The Kier molecular flexibility index (Phi) is 5.01. The fraction of sp³-hybridized carbons (Fsp3) is 0.421. The summed E-state index contributed by atoms with van der Waals surface area (Å²) in [7, 11) is -3.29. The summed E-state index contributed by atoms with van der Waals surface area (Å²) in [5.41, 5.74) is 4.47. The molecule has 0 fully saturated rings. The van der Waals surface area contributed by atoms with Crippen molar-refractivity contribution in [3.05, 3.63) is 65.0 Å². The van der Waals surface area contributed by atoms with E-state index in [4.69, 9.17) is 0 Å². The number of benzene rings is 1. The van der Waals surface area contributed by atoms with Crippen LogP contribution in [-0.4, -0.2) is 30.0 Å². The predicted octanol–water partition coefficient (Wildman–Crippen LogP) is 3.47. The Labute approximate surface area is 144 Å². The van der Waals surface area contributed by atoms with E-state index >= 15 is 0 Å². The minimum atomic E-state index is -3.29. The lowest BCUT2D eigenvalue weighted by Crippen LogP contribution is -2.41. The molecule has 4 nitrogen and oxygen atoms in total. The van der Waals surface area contributed by atoms with Gasteiger partial charge in [-0.25, -0.2) is 8.42 Å². The zero-order valence-corrected chi connectivity index (χ0v) is 15.1. The Hall–Kier alpha value is -1.72. The first-order valence-corrected chi connectivity index (χ1v) is 10.1. The van der Waals surface area contributed by atoms with Crippen LogP contribution in [0, 0.1) is 6.92 Å². The molecule has 1 aromatic heterocycles. The van der Waals surface area contributed by atoms with Crippen LogP contribution < -0.4 is 0 Å². The number of nitrogens with zero attached hydrogens (tertiary/aromatic N) is 2. The van der Waals surface area contributed by atoms with Crippen molar-refractivity contribution >= 4 is 10.0 Å². The SMILES string of the molecule is CCCCS(=O)(=O)N1CCc2cc(C)ccc2C1c1cccnc1. The van der Waals surface area contributed by atoms with Crippen molar-refractivity contribution in [2.24, 2.45) is 0 Å². The Bertz CT molecular complexity index is 803. The lowest BCUT2D eigenvalue weighted by Gasteiger charge is -2.36. The van der Waals surface area contributed by atoms with Crippen molar-refractivity contribution in [3.8, 4) is 0 Å². The smallest absolute Gasteiger partial charge is 0.214 e. The molecule has 0 spiro atoms. The van der Waals surface area contributed by atoms with Crippen LogP contribution in [0.1, 0.15) is 48.1 Å². The van der Waals surface area contributed by atoms with E-state index in [1.807, 2.05) is 19.1 Å². The van der Waals surface area contributed by atoms with Crippen molar-refractivity contribution in [2.75, 3.05) is 12.3 Å². The first kappa shape index (κ1) is 17.1. The number of fused-ring (bicyclic) bond motifs is 1. The molecule has 2 aromatic rings. The quantitative estimate of drug-likeness (QED) is 0.834. The van der Waals surface area contributed by atoms with Crippen LogP contribution in [-0.2, 0) is 16.4 Å². The minimum absolute atomic E-state index is 0.210. The molecular formula is C19H24N2O2S. The molecule has 24 heavy (non-hydrogen) atoms. The maximum absolute atomic E-state index is 12.9. The number of unbranched alkanes of at least 4 members (excludes halogenated alkanes) is 1. The Morgan fingerprint density at radius 3 is 2.83 bits per heavy atom. The summed E-state index contributed by atoms with van der Waals surface area (Å²) in [5.74, 6) is 0.210. The first-order chi connectivity index (χ1) is 11.5. The fourth-order valence-corrected chi connectivity index (χ4v) is 5.17. The van der Waals surface area contributed by atoms with Crippen LogP contribution in [0.15, 0.2) is 42.7 Å². The minimum Gasteiger partial charge on any atom is -0.264 e. The van der Waals surface area contributed by atoms with E-state index in [1.165, 1.54) is 11.1 Å². The van der Waals surface area contributed by atoms with Gasteiger partial charge in [0.15, 0.2) is 0 Å². The van der Waals surface area contributed by atoms with Gasteiger partial charge in [-0.1, -0.05) is 43.2 Å². The van der Waals surface area contributed by atoms with E-state index in [0.29, 0.717) is 13.0 Å². The molecule has 1 unspecified atom stereocenters. The summed E-state index contributed by atoms with van der Waals surface area (Å²) >= 11 is 0. The average molecular weight is 344 g/mol. The third-order valence-corrected chi connectivity index (χ3v) is 6.51. The molecule has 3 rings (SSSR count). The molecule has 0 radical (unpaired) electrons. The molecule has 1 atom stereocenters. The summed E-state index contributed by atoms with van der Waals surface area (Å²) in [5, 5.41) is 0. The standard InChI is InChI=1S/C19H24N2O2S/c1-3-4-12-24(22,23)21-11-9-16-13-15(2)7-8-18(16)19(21)17-6-5-10-20-14-17/h5-8,10,13-14,19H,3-4,9,11-12H2,1-2H3. The van der Waals surface area contributed by atoms with E-state index in [2.05, 4.69) is 30.1 Å². The van der Waals surface area contributed by atoms with Gasteiger partial charge in [-0.05, 0) is 42.5 Å². The largest absolute Gasteiger partial charge is 0.264 e. The van der Waals surface area contributed by atoms with Gasteiger partial charge in [0.1, 0.15) is 0 Å². The highest BCUT2D eigenvalue weighted by Gasteiger charge is 2.36. The van der Waals surface area contributed by atoms with Gasteiger partial charge >= 0.3 is 0 Å². The van der Waals surface area contributed by atoms with Crippen molar-refractivity contribution < 1.29 is 8.42 Å². The molecule has 0 bridgehead atoms.